The Morgan fingerprint density at radius 3 is 2.73 bits per heavy atom. The molecule has 0 amide bonds. The second kappa shape index (κ2) is 6.08. The van der Waals surface area contributed by atoms with E-state index in [1.165, 1.54) is 6.42 Å². The number of alkyl halides is 1. The van der Waals surface area contributed by atoms with Crippen molar-refractivity contribution in [1.82, 2.24) is 0 Å². The van der Waals surface area contributed by atoms with Crippen molar-refractivity contribution in [2.75, 3.05) is 0 Å². The maximum Gasteiger partial charge on any atom is 0.477 e. The fourth-order valence-corrected chi connectivity index (χ4v) is 5.92. The highest BCUT2D eigenvalue weighted by atomic mass is 35.5. The Labute approximate surface area is 161 Å². The predicted octanol–water partition coefficient (Wildman–Crippen LogP) is 4.62. The summed E-state index contributed by atoms with van der Waals surface area (Å²) in [7, 11) is -0.387. The molecule has 5 atom stereocenters. The monoisotopic (exact) mass is 374 g/mol. The molecule has 3 nitrogen and oxygen atoms in total. The lowest BCUT2D eigenvalue weighted by atomic mass is 9.43. The Balaban J connectivity index is 1.50. The zero-order chi connectivity index (χ0) is 18.9. The minimum absolute atomic E-state index is 0.0874. The molecular weight excluding hydrogens is 346 g/mol. The van der Waals surface area contributed by atoms with Crippen molar-refractivity contribution >= 4 is 24.5 Å². The first-order valence-corrected chi connectivity index (χ1v) is 10.1. The molecule has 4 fully saturated rings. The van der Waals surface area contributed by atoms with Crippen LogP contribution in [0.15, 0.2) is 18.2 Å². The van der Waals surface area contributed by atoms with E-state index >= 15 is 0 Å². The molecular formula is C21H28BClO3. The van der Waals surface area contributed by atoms with E-state index in [4.69, 9.17) is 20.9 Å². The summed E-state index contributed by atoms with van der Waals surface area (Å²) in [6, 6.07) is 5.84. The summed E-state index contributed by atoms with van der Waals surface area (Å²) in [5, 5.41) is -0.265. The van der Waals surface area contributed by atoms with Gasteiger partial charge >= 0.3 is 7.12 Å². The number of rotatable bonds is 4. The second-order valence-electron chi connectivity index (χ2n) is 9.20. The van der Waals surface area contributed by atoms with Gasteiger partial charge in [-0.05, 0) is 68.4 Å². The quantitative estimate of drug-likeness (QED) is 0.438. The summed E-state index contributed by atoms with van der Waals surface area (Å²) in [6.45, 7) is 10.5. The summed E-state index contributed by atoms with van der Waals surface area (Å²) in [5.41, 5.74) is 2.97. The van der Waals surface area contributed by atoms with Crippen LogP contribution in [0.2, 0.25) is 0 Å². The van der Waals surface area contributed by atoms with Crippen LogP contribution in [0.4, 0.5) is 0 Å². The zero-order valence-electron chi connectivity index (χ0n) is 16.3. The highest BCUT2D eigenvalue weighted by molar-refractivity contribution is 6.60. The molecule has 0 radical (unpaired) electrons. The lowest BCUT2D eigenvalue weighted by molar-refractivity contribution is -0.199. The summed E-state index contributed by atoms with van der Waals surface area (Å²) >= 11 is 6.75. The van der Waals surface area contributed by atoms with Gasteiger partial charge < -0.3 is 9.31 Å². The number of hydrogen-bond donors (Lipinski definition) is 0. The number of halogens is 1. The van der Waals surface area contributed by atoms with Gasteiger partial charge in [-0.3, -0.25) is 4.79 Å². The Bertz CT molecular complexity index is 749. The Morgan fingerprint density at radius 2 is 2.08 bits per heavy atom. The number of Topliss-reactive ketones (excluding diaryl/α,β-unsaturated/α-hetero) is 1. The molecule has 2 bridgehead atoms. The molecule has 1 saturated heterocycles. The third kappa shape index (κ3) is 2.60. The van der Waals surface area contributed by atoms with Gasteiger partial charge in [0.05, 0.1) is 17.0 Å². The van der Waals surface area contributed by atoms with Crippen LogP contribution in [-0.4, -0.2) is 29.9 Å². The first-order valence-electron chi connectivity index (χ1n) is 9.71. The van der Waals surface area contributed by atoms with Crippen molar-refractivity contribution in [3.8, 4) is 0 Å². The van der Waals surface area contributed by atoms with Gasteiger partial charge in [0.15, 0.2) is 5.78 Å². The van der Waals surface area contributed by atoms with Crippen LogP contribution in [0.25, 0.3) is 0 Å². The van der Waals surface area contributed by atoms with Crippen LogP contribution < -0.4 is 0 Å². The van der Waals surface area contributed by atoms with E-state index in [1.807, 2.05) is 25.1 Å². The van der Waals surface area contributed by atoms with E-state index in [-0.39, 0.29) is 29.9 Å². The molecule has 3 aliphatic carbocycles. The van der Waals surface area contributed by atoms with Crippen molar-refractivity contribution in [3.63, 3.8) is 0 Å². The molecule has 5 rings (SSSR count). The van der Waals surface area contributed by atoms with Crippen LogP contribution >= 0.6 is 11.6 Å². The molecule has 26 heavy (non-hydrogen) atoms. The summed E-state index contributed by atoms with van der Waals surface area (Å²) in [6.07, 6.45) is 3.09. The SMILES string of the molecule is CC(=O)c1cccc(C[C@H](Cl)B2OC3CC4CC(C4(C)C)[C@]3(C)O2)c1C. The first-order chi connectivity index (χ1) is 12.1. The average molecular weight is 375 g/mol. The normalized spacial score (nSPS) is 35.6. The third-order valence-corrected chi connectivity index (χ3v) is 7.86. The second-order valence-corrected chi connectivity index (χ2v) is 9.76. The fraction of sp³-hybridized carbons (Fsp3) is 0.667. The summed E-state index contributed by atoms with van der Waals surface area (Å²) in [5.74, 6) is 1.36. The number of carbonyl (C=O) groups is 1. The van der Waals surface area contributed by atoms with E-state index in [2.05, 4.69) is 20.8 Å². The van der Waals surface area contributed by atoms with E-state index < -0.39 is 0 Å². The molecule has 1 aliphatic heterocycles. The minimum Gasteiger partial charge on any atom is -0.404 e. The maximum atomic E-state index is 11.8. The van der Waals surface area contributed by atoms with Crippen molar-refractivity contribution < 1.29 is 14.1 Å². The first kappa shape index (κ1) is 18.5. The zero-order valence-corrected chi connectivity index (χ0v) is 17.1. The van der Waals surface area contributed by atoms with E-state index in [9.17, 15) is 4.79 Å². The van der Waals surface area contributed by atoms with E-state index in [0.29, 0.717) is 17.8 Å². The van der Waals surface area contributed by atoms with Gasteiger partial charge in [-0.2, -0.15) is 0 Å². The maximum absolute atomic E-state index is 11.8. The molecule has 1 heterocycles. The number of benzene rings is 1. The molecule has 140 valence electrons. The number of carbonyl (C=O) groups excluding carboxylic acids is 1. The highest BCUT2D eigenvalue weighted by Gasteiger charge is 2.68. The Hall–Kier alpha value is -0.835. The molecule has 3 unspecified atom stereocenters. The number of hydrogen-bond acceptors (Lipinski definition) is 3. The van der Waals surface area contributed by atoms with Crippen molar-refractivity contribution in [3.05, 3.63) is 34.9 Å². The van der Waals surface area contributed by atoms with Gasteiger partial charge in [-0.25, -0.2) is 0 Å². The smallest absolute Gasteiger partial charge is 0.404 e. The molecule has 3 saturated carbocycles. The lowest BCUT2D eigenvalue weighted by Gasteiger charge is -2.64. The van der Waals surface area contributed by atoms with Gasteiger partial charge in [0.1, 0.15) is 0 Å². The molecule has 1 aromatic rings. The number of ketones is 1. The average Bonchev–Trinajstić information content (AvgIpc) is 2.93. The summed E-state index contributed by atoms with van der Waals surface area (Å²) < 4.78 is 12.8. The Morgan fingerprint density at radius 1 is 1.35 bits per heavy atom. The van der Waals surface area contributed by atoms with Crippen LogP contribution in [0.3, 0.4) is 0 Å². The molecule has 0 aromatic heterocycles. The van der Waals surface area contributed by atoms with Gasteiger partial charge in [0.2, 0.25) is 0 Å². The molecule has 1 aromatic carbocycles. The van der Waals surface area contributed by atoms with Crippen molar-refractivity contribution in [2.24, 2.45) is 17.3 Å². The van der Waals surface area contributed by atoms with Crippen LogP contribution in [0.5, 0.6) is 0 Å². The standard InChI is InChI=1S/C21H28BClO3/c1-12-14(7-6-8-16(12)13(2)24)9-19(23)22-25-18-11-15-10-17(20(15,3)4)21(18,5)26-22/h6-8,15,17-19H,9-11H2,1-5H3/t15?,17?,18?,19-,21-/m0/s1. The lowest BCUT2D eigenvalue weighted by Crippen LogP contribution is -2.65. The Kier molecular flexibility index (Phi) is 4.34. The van der Waals surface area contributed by atoms with Crippen molar-refractivity contribution in [2.45, 2.75) is 70.9 Å². The van der Waals surface area contributed by atoms with E-state index in [0.717, 1.165) is 29.0 Å². The fourth-order valence-electron chi connectivity index (χ4n) is 5.65. The third-order valence-electron chi connectivity index (χ3n) is 7.50. The molecule has 5 heteroatoms. The minimum atomic E-state index is -0.387. The van der Waals surface area contributed by atoms with Gasteiger partial charge in [0, 0.05) is 5.56 Å². The van der Waals surface area contributed by atoms with Crippen LogP contribution in [0.1, 0.15) is 62.0 Å². The topological polar surface area (TPSA) is 35.5 Å². The summed E-state index contributed by atoms with van der Waals surface area (Å²) in [4.78, 5) is 11.8. The van der Waals surface area contributed by atoms with Gasteiger partial charge in [0.25, 0.3) is 0 Å². The van der Waals surface area contributed by atoms with Crippen LogP contribution in [0, 0.1) is 24.2 Å². The van der Waals surface area contributed by atoms with Gasteiger partial charge in [-0.1, -0.05) is 32.0 Å². The van der Waals surface area contributed by atoms with Gasteiger partial charge in [-0.15, -0.1) is 11.6 Å². The highest BCUT2D eigenvalue weighted by Crippen LogP contribution is 2.65. The molecule has 0 N–H and O–H groups in total. The largest absolute Gasteiger partial charge is 0.477 e. The molecule has 4 aliphatic rings. The predicted molar refractivity (Wildman–Crippen MR) is 105 cm³/mol. The molecule has 0 spiro atoms. The van der Waals surface area contributed by atoms with E-state index in [1.54, 1.807) is 6.92 Å². The van der Waals surface area contributed by atoms with Crippen LogP contribution in [-0.2, 0) is 15.7 Å². The van der Waals surface area contributed by atoms with Crippen molar-refractivity contribution in [1.29, 1.82) is 0 Å².